The fourth-order valence-electron chi connectivity index (χ4n) is 0.540. The third-order valence-corrected chi connectivity index (χ3v) is 0.958. The summed E-state index contributed by atoms with van der Waals surface area (Å²) in [6.07, 6.45) is 7.40. The second-order valence-electron chi connectivity index (χ2n) is 1.56. The first-order valence-electron chi connectivity index (χ1n) is 2.54. The van der Waals surface area contributed by atoms with Crippen LogP contribution >= 0.6 is 0 Å². The molecule has 0 aliphatic carbocycles. The van der Waals surface area contributed by atoms with E-state index in [-0.39, 0.29) is 0 Å². The van der Waals surface area contributed by atoms with E-state index in [1.54, 1.807) is 12.3 Å². The zero-order chi connectivity index (χ0) is 5.82. The molecule has 1 heterocycles. The molecule has 0 unspecified atom stereocenters. The largest absolute Gasteiger partial charge is 0.497 e. The van der Waals surface area contributed by atoms with Crippen molar-refractivity contribution in [3.63, 3.8) is 0 Å². The van der Waals surface area contributed by atoms with Crippen molar-refractivity contribution in [1.29, 1.82) is 0 Å². The molecule has 1 heteroatoms. The minimum atomic E-state index is 0.692. The summed E-state index contributed by atoms with van der Waals surface area (Å²) in [4.78, 5) is 0. The van der Waals surface area contributed by atoms with Crippen LogP contribution in [-0.4, -0.2) is 6.61 Å². The van der Waals surface area contributed by atoms with Crippen LogP contribution < -0.4 is 0 Å². The highest BCUT2D eigenvalue weighted by molar-refractivity contribution is 5.28. The van der Waals surface area contributed by atoms with Gasteiger partial charge < -0.3 is 4.74 Å². The lowest BCUT2D eigenvalue weighted by molar-refractivity contribution is 0.283. The second-order valence-corrected chi connectivity index (χ2v) is 1.56. The van der Waals surface area contributed by atoms with Crippen LogP contribution in [-0.2, 0) is 4.74 Å². The Labute approximate surface area is 49.0 Å². The van der Waals surface area contributed by atoms with Crippen molar-refractivity contribution in [2.75, 3.05) is 6.61 Å². The standard InChI is InChI=1S/C7H8O/c1-2-7-4-3-5-8-6-7/h2-4,6H,1,5H2. The van der Waals surface area contributed by atoms with Crippen LogP contribution in [0.25, 0.3) is 0 Å². The first-order chi connectivity index (χ1) is 3.93. The van der Waals surface area contributed by atoms with Gasteiger partial charge in [-0.15, -0.1) is 0 Å². The summed E-state index contributed by atoms with van der Waals surface area (Å²) in [6.45, 7) is 4.28. The van der Waals surface area contributed by atoms with Crippen LogP contribution in [0.3, 0.4) is 0 Å². The van der Waals surface area contributed by atoms with Crippen LogP contribution in [0.5, 0.6) is 0 Å². The Bertz CT molecular complexity index is 142. The molecule has 0 atom stereocenters. The minimum Gasteiger partial charge on any atom is -0.497 e. The highest BCUT2D eigenvalue weighted by Gasteiger charge is 1.88. The normalized spacial score (nSPS) is 16.8. The number of hydrogen-bond donors (Lipinski definition) is 0. The average Bonchev–Trinajstić information content (AvgIpc) is 1.90. The minimum absolute atomic E-state index is 0.692. The van der Waals surface area contributed by atoms with Crippen molar-refractivity contribution in [3.8, 4) is 0 Å². The number of hydrogen-bond acceptors (Lipinski definition) is 1. The van der Waals surface area contributed by atoms with Gasteiger partial charge in [0.15, 0.2) is 0 Å². The molecule has 0 fully saturated rings. The van der Waals surface area contributed by atoms with E-state index in [4.69, 9.17) is 4.74 Å². The van der Waals surface area contributed by atoms with E-state index in [1.165, 1.54) is 0 Å². The molecule has 0 aromatic carbocycles. The van der Waals surface area contributed by atoms with Gasteiger partial charge in [0, 0.05) is 5.57 Å². The molecule has 0 spiro atoms. The topological polar surface area (TPSA) is 9.23 Å². The summed E-state index contributed by atoms with van der Waals surface area (Å²) < 4.78 is 4.95. The van der Waals surface area contributed by atoms with Crippen LogP contribution in [0.15, 0.2) is 36.6 Å². The van der Waals surface area contributed by atoms with Gasteiger partial charge in [-0.25, -0.2) is 0 Å². The summed E-state index contributed by atoms with van der Waals surface area (Å²) in [6, 6.07) is 0. The average molecular weight is 108 g/mol. The Hall–Kier alpha value is -0.980. The van der Waals surface area contributed by atoms with Gasteiger partial charge in [-0.05, 0) is 6.08 Å². The maximum Gasteiger partial charge on any atom is 0.106 e. The molecule has 1 rings (SSSR count). The molecule has 0 amide bonds. The van der Waals surface area contributed by atoms with Crippen LogP contribution in [0.2, 0.25) is 0 Å². The lowest BCUT2D eigenvalue weighted by Crippen LogP contribution is -1.88. The van der Waals surface area contributed by atoms with E-state index in [0.29, 0.717) is 6.61 Å². The van der Waals surface area contributed by atoms with E-state index in [1.807, 2.05) is 12.2 Å². The molecule has 8 heavy (non-hydrogen) atoms. The first kappa shape index (κ1) is 5.16. The van der Waals surface area contributed by atoms with Gasteiger partial charge in [0.25, 0.3) is 0 Å². The van der Waals surface area contributed by atoms with Gasteiger partial charge in [-0.3, -0.25) is 0 Å². The van der Waals surface area contributed by atoms with E-state index < -0.39 is 0 Å². The lowest BCUT2D eigenvalue weighted by Gasteiger charge is -2.01. The van der Waals surface area contributed by atoms with Crippen molar-refractivity contribution in [1.82, 2.24) is 0 Å². The monoisotopic (exact) mass is 108 g/mol. The Morgan fingerprint density at radius 1 is 1.75 bits per heavy atom. The fraction of sp³-hybridized carbons (Fsp3) is 0.143. The second kappa shape index (κ2) is 2.36. The molecule has 1 aliphatic heterocycles. The zero-order valence-corrected chi connectivity index (χ0v) is 4.63. The van der Waals surface area contributed by atoms with Crippen molar-refractivity contribution in [2.24, 2.45) is 0 Å². The third-order valence-electron chi connectivity index (χ3n) is 0.958. The molecule has 0 radical (unpaired) electrons. The van der Waals surface area contributed by atoms with Gasteiger partial charge in [0.2, 0.25) is 0 Å². The van der Waals surface area contributed by atoms with Gasteiger partial charge in [0.1, 0.15) is 6.61 Å². The maximum absolute atomic E-state index is 4.95. The summed E-state index contributed by atoms with van der Waals surface area (Å²) in [7, 11) is 0. The van der Waals surface area contributed by atoms with E-state index >= 15 is 0 Å². The quantitative estimate of drug-likeness (QED) is 0.496. The predicted octanol–water partition coefficient (Wildman–Crippen LogP) is 1.64. The van der Waals surface area contributed by atoms with Gasteiger partial charge >= 0.3 is 0 Å². The summed E-state index contributed by atoms with van der Waals surface area (Å²) >= 11 is 0. The Balaban J connectivity index is 2.64. The Morgan fingerprint density at radius 3 is 3.00 bits per heavy atom. The molecular formula is C7H8O. The lowest BCUT2D eigenvalue weighted by atomic mass is 10.2. The molecule has 1 nitrogen and oxygen atoms in total. The number of rotatable bonds is 1. The van der Waals surface area contributed by atoms with Gasteiger partial charge in [0.05, 0.1) is 6.26 Å². The van der Waals surface area contributed by atoms with Crippen molar-refractivity contribution < 1.29 is 4.74 Å². The van der Waals surface area contributed by atoms with Crippen molar-refractivity contribution in [3.05, 3.63) is 36.6 Å². The third kappa shape index (κ3) is 0.997. The van der Waals surface area contributed by atoms with Crippen LogP contribution in [0.1, 0.15) is 0 Å². The molecule has 0 aromatic heterocycles. The molecule has 1 aliphatic rings. The zero-order valence-electron chi connectivity index (χ0n) is 4.63. The van der Waals surface area contributed by atoms with Crippen molar-refractivity contribution in [2.45, 2.75) is 0 Å². The van der Waals surface area contributed by atoms with E-state index in [0.717, 1.165) is 5.57 Å². The molecule has 0 bridgehead atoms. The number of ether oxygens (including phenoxy) is 1. The smallest absolute Gasteiger partial charge is 0.106 e. The van der Waals surface area contributed by atoms with Gasteiger partial charge in [-0.2, -0.15) is 0 Å². The summed E-state index contributed by atoms with van der Waals surface area (Å²) in [5, 5.41) is 0. The fourth-order valence-corrected chi connectivity index (χ4v) is 0.540. The van der Waals surface area contributed by atoms with Crippen molar-refractivity contribution >= 4 is 0 Å². The summed E-state index contributed by atoms with van der Waals surface area (Å²) in [5.41, 5.74) is 1.04. The number of allylic oxidation sites excluding steroid dienone is 3. The Morgan fingerprint density at radius 2 is 2.62 bits per heavy atom. The van der Waals surface area contributed by atoms with Crippen LogP contribution in [0.4, 0.5) is 0 Å². The SMILES string of the molecule is C=CC1=COCC=C1. The highest BCUT2D eigenvalue weighted by atomic mass is 16.5. The highest BCUT2D eigenvalue weighted by Crippen LogP contribution is 2.02. The molecular weight excluding hydrogens is 100 g/mol. The molecule has 42 valence electrons. The first-order valence-corrected chi connectivity index (χ1v) is 2.54. The maximum atomic E-state index is 4.95. The Kier molecular flexibility index (Phi) is 1.52. The molecule has 0 aromatic rings. The summed E-state index contributed by atoms with van der Waals surface area (Å²) in [5.74, 6) is 0. The van der Waals surface area contributed by atoms with E-state index in [2.05, 4.69) is 6.58 Å². The molecule has 0 saturated heterocycles. The van der Waals surface area contributed by atoms with E-state index in [9.17, 15) is 0 Å². The molecule has 0 saturated carbocycles. The predicted molar refractivity (Wildman–Crippen MR) is 33.4 cm³/mol. The van der Waals surface area contributed by atoms with Gasteiger partial charge in [-0.1, -0.05) is 18.7 Å². The van der Waals surface area contributed by atoms with Crippen LogP contribution in [0, 0.1) is 0 Å². The molecule has 0 N–H and O–H groups in total.